The van der Waals surface area contributed by atoms with Crippen LogP contribution in [0, 0.1) is 10.1 Å². The fraction of sp³-hybridized carbons (Fsp3) is 0.333. The van der Waals surface area contributed by atoms with Crippen LogP contribution in [-0.2, 0) is 10.8 Å². The molecule has 8 nitrogen and oxygen atoms in total. The predicted molar refractivity (Wildman–Crippen MR) is 66.6 cm³/mol. The van der Waals surface area contributed by atoms with Gasteiger partial charge >= 0.3 is 0 Å². The van der Waals surface area contributed by atoms with Crippen LogP contribution in [0.1, 0.15) is 10.4 Å². The predicted octanol–water partition coefficient (Wildman–Crippen LogP) is -0.320. The average Bonchev–Trinajstić information content (AvgIpc) is 2.28. The van der Waals surface area contributed by atoms with Crippen molar-refractivity contribution in [2.75, 3.05) is 24.3 Å². The standard InChI is InChI=1S/C9H12N4O4S/c1-18(17)3-2-11-9(14)7-4-6(13(15)16)5-12-8(7)10/h4-5H,2-3H2,1H3,(H2,10,12)(H,11,14). The van der Waals surface area contributed by atoms with Crippen LogP contribution in [0.4, 0.5) is 11.5 Å². The lowest BCUT2D eigenvalue weighted by atomic mass is 10.2. The Bertz CT molecular complexity index is 505. The molecule has 1 rings (SSSR count). The lowest BCUT2D eigenvalue weighted by Gasteiger charge is -2.05. The van der Waals surface area contributed by atoms with E-state index in [2.05, 4.69) is 10.3 Å². The third-order valence-electron chi connectivity index (χ3n) is 2.03. The Balaban J connectivity index is 2.81. The van der Waals surface area contributed by atoms with Crippen LogP contribution in [0.3, 0.4) is 0 Å². The van der Waals surface area contributed by atoms with Crippen molar-refractivity contribution in [2.45, 2.75) is 0 Å². The topological polar surface area (TPSA) is 128 Å². The van der Waals surface area contributed by atoms with Crippen LogP contribution in [0.15, 0.2) is 12.3 Å². The smallest absolute Gasteiger partial charge is 0.288 e. The van der Waals surface area contributed by atoms with E-state index in [0.29, 0.717) is 5.75 Å². The number of anilines is 1. The van der Waals surface area contributed by atoms with Crippen LogP contribution in [-0.4, -0.2) is 38.6 Å². The van der Waals surface area contributed by atoms with Crippen LogP contribution in [0.2, 0.25) is 0 Å². The number of pyridine rings is 1. The van der Waals surface area contributed by atoms with Gasteiger partial charge in [-0.25, -0.2) is 4.98 Å². The third-order valence-corrected chi connectivity index (χ3v) is 2.81. The molecule has 1 heterocycles. The van der Waals surface area contributed by atoms with Crippen molar-refractivity contribution < 1.29 is 13.9 Å². The molecule has 0 bridgehead atoms. The SMILES string of the molecule is CS(=O)CCNC(=O)c1cc([N+](=O)[O-])cnc1N. The number of nitrogens with zero attached hydrogens (tertiary/aromatic N) is 2. The Kier molecular flexibility index (Phi) is 4.72. The molecule has 1 atom stereocenters. The first-order valence-electron chi connectivity index (χ1n) is 4.90. The number of nitrogens with one attached hydrogen (secondary N) is 1. The van der Waals surface area contributed by atoms with E-state index >= 15 is 0 Å². The van der Waals surface area contributed by atoms with Crippen molar-refractivity contribution in [2.24, 2.45) is 0 Å². The lowest BCUT2D eigenvalue weighted by molar-refractivity contribution is -0.385. The molecule has 1 aromatic heterocycles. The van der Waals surface area contributed by atoms with Gasteiger partial charge in [0.15, 0.2) is 0 Å². The molecule has 3 N–H and O–H groups in total. The third kappa shape index (κ3) is 3.77. The van der Waals surface area contributed by atoms with Crippen molar-refractivity contribution >= 4 is 28.2 Å². The van der Waals surface area contributed by atoms with E-state index in [-0.39, 0.29) is 23.6 Å². The van der Waals surface area contributed by atoms with Crippen LogP contribution < -0.4 is 11.1 Å². The molecule has 1 amide bonds. The van der Waals surface area contributed by atoms with Crippen molar-refractivity contribution in [1.29, 1.82) is 0 Å². The highest BCUT2D eigenvalue weighted by Gasteiger charge is 2.16. The quantitative estimate of drug-likeness (QED) is 0.558. The summed E-state index contributed by atoms with van der Waals surface area (Å²) in [4.78, 5) is 25.1. The number of nitro groups is 1. The van der Waals surface area contributed by atoms with E-state index < -0.39 is 21.6 Å². The fourth-order valence-corrected chi connectivity index (χ4v) is 1.54. The van der Waals surface area contributed by atoms with Crippen molar-refractivity contribution in [3.8, 4) is 0 Å². The number of hydrogen-bond donors (Lipinski definition) is 2. The number of carbonyl (C=O) groups is 1. The van der Waals surface area contributed by atoms with Gasteiger partial charge in [-0.1, -0.05) is 0 Å². The summed E-state index contributed by atoms with van der Waals surface area (Å²) in [5, 5.41) is 13.0. The summed E-state index contributed by atoms with van der Waals surface area (Å²) in [6.45, 7) is 0.198. The molecule has 0 aliphatic carbocycles. The summed E-state index contributed by atoms with van der Waals surface area (Å²) in [5.74, 6) is -0.363. The molecule has 98 valence electrons. The van der Waals surface area contributed by atoms with Gasteiger partial charge in [-0.3, -0.25) is 19.1 Å². The molecule has 0 saturated heterocycles. The van der Waals surface area contributed by atoms with E-state index in [0.717, 1.165) is 12.3 Å². The zero-order chi connectivity index (χ0) is 13.7. The molecule has 0 aliphatic rings. The summed E-state index contributed by atoms with van der Waals surface area (Å²) in [7, 11) is -1.03. The van der Waals surface area contributed by atoms with Gasteiger partial charge in [0.05, 0.1) is 10.5 Å². The Morgan fingerprint density at radius 2 is 2.33 bits per heavy atom. The zero-order valence-corrected chi connectivity index (χ0v) is 10.4. The molecule has 1 aromatic rings. The van der Waals surface area contributed by atoms with Gasteiger partial charge in [0, 0.05) is 35.4 Å². The maximum atomic E-state index is 11.7. The highest BCUT2D eigenvalue weighted by Crippen LogP contribution is 2.16. The minimum Gasteiger partial charge on any atom is -0.383 e. The second kappa shape index (κ2) is 6.05. The molecule has 0 saturated carbocycles. The first kappa shape index (κ1) is 14.0. The Hall–Kier alpha value is -2.03. The van der Waals surface area contributed by atoms with Gasteiger partial charge < -0.3 is 11.1 Å². The number of hydrogen-bond acceptors (Lipinski definition) is 6. The number of nitrogen functional groups attached to an aromatic ring is 1. The van der Waals surface area contributed by atoms with Crippen molar-refractivity contribution in [3.63, 3.8) is 0 Å². The first-order valence-corrected chi connectivity index (χ1v) is 6.62. The minimum absolute atomic E-state index is 0.0638. The van der Waals surface area contributed by atoms with Crippen molar-refractivity contribution in [1.82, 2.24) is 10.3 Å². The van der Waals surface area contributed by atoms with E-state index in [4.69, 9.17) is 5.73 Å². The highest BCUT2D eigenvalue weighted by molar-refractivity contribution is 7.84. The van der Waals surface area contributed by atoms with Crippen LogP contribution in [0.25, 0.3) is 0 Å². The van der Waals surface area contributed by atoms with Gasteiger partial charge in [0.25, 0.3) is 11.6 Å². The fourth-order valence-electron chi connectivity index (χ4n) is 1.15. The second-order valence-corrected chi connectivity index (χ2v) is 4.97. The van der Waals surface area contributed by atoms with Crippen LogP contribution in [0.5, 0.6) is 0 Å². The highest BCUT2D eigenvalue weighted by atomic mass is 32.2. The molecule has 0 aromatic carbocycles. The number of nitrogens with two attached hydrogens (primary N) is 1. The van der Waals surface area contributed by atoms with Crippen molar-refractivity contribution in [3.05, 3.63) is 27.9 Å². The Morgan fingerprint density at radius 3 is 2.89 bits per heavy atom. The minimum atomic E-state index is -1.03. The molecule has 18 heavy (non-hydrogen) atoms. The van der Waals surface area contributed by atoms with E-state index in [1.54, 1.807) is 0 Å². The Labute approximate surface area is 105 Å². The van der Waals surface area contributed by atoms with E-state index in [1.807, 2.05) is 0 Å². The number of aromatic nitrogens is 1. The molecule has 0 radical (unpaired) electrons. The summed E-state index contributed by atoms with van der Waals surface area (Å²) in [6, 6.07) is 1.06. The number of amides is 1. The summed E-state index contributed by atoms with van der Waals surface area (Å²) >= 11 is 0. The normalized spacial score (nSPS) is 11.8. The second-order valence-electron chi connectivity index (χ2n) is 3.42. The van der Waals surface area contributed by atoms with Gasteiger partial charge in [-0.15, -0.1) is 0 Å². The zero-order valence-electron chi connectivity index (χ0n) is 9.58. The lowest BCUT2D eigenvalue weighted by Crippen LogP contribution is -2.28. The molecule has 0 aliphatic heterocycles. The molecule has 9 heteroatoms. The van der Waals surface area contributed by atoms with Gasteiger partial charge in [0.2, 0.25) is 0 Å². The maximum Gasteiger partial charge on any atom is 0.288 e. The summed E-state index contributed by atoms with van der Waals surface area (Å²) < 4.78 is 10.8. The summed E-state index contributed by atoms with van der Waals surface area (Å²) in [6.07, 6.45) is 2.49. The maximum absolute atomic E-state index is 11.7. The first-order chi connectivity index (χ1) is 8.41. The van der Waals surface area contributed by atoms with Crippen LogP contribution >= 0.6 is 0 Å². The Morgan fingerprint density at radius 1 is 1.67 bits per heavy atom. The molecular formula is C9H12N4O4S. The monoisotopic (exact) mass is 272 g/mol. The molecular weight excluding hydrogens is 260 g/mol. The number of carbonyl (C=O) groups excluding carboxylic acids is 1. The van der Waals surface area contributed by atoms with E-state index in [9.17, 15) is 19.1 Å². The van der Waals surface area contributed by atoms with Gasteiger partial charge in [0.1, 0.15) is 12.0 Å². The molecule has 1 unspecified atom stereocenters. The van der Waals surface area contributed by atoms with Gasteiger partial charge in [-0.05, 0) is 0 Å². The largest absolute Gasteiger partial charge is 0.383 e. The average molecular weight is 272 g/mol. The van der Waals surface area contributed by atoms with E-state index in [1.165, 1.54) is 6.26 Å². The summed E-state index contributed by atoms with van der Waals surface area (Å²) in [5.41, 5.74) is 5.09. The molecule has 0 fully saturated rings. The van der Waals surface area contributed by atoms with Gasteiger partial charge in [-0.2, -0.15) is 0 Å². The number of rotatable bonds is 5. The molecule has 0 spiro atoms.